The second-order valence-corrected chi connectivity index (χ2v) is 7.37. The molecule has 2 aromatic carbocycles. The highest BCUT2D eigenvalue weighted by molar-refractivity contribution is 5.98. The van der Waals surface area contributed by atoms with E-state index >= 15 is 0 Å². The molecular formula is C22H22N2O5. The van der Waals surface area contributed by atoms with Crippen LogP contribution in [0.3, 0.4) is 0 Å². The van der Waals surface area contributed by atoms with Gasteiger partial charge in [0.1, 0.15) is 23.6 Å². The quantitative estimate of drug-likeness (QED) is 0.813. The molecule has 2 saturated heterocycles. The van der Waals surface area contributed by atoms with Crippen LogP contribution in [0.4, 0.5) is 0 Å². The van der Waals surface area contributed by atoms with Crippen LogP contribution in [0.5, 0.6) is 11.5 Å². The number of amides is 2. The van der Waals surface area contributed by atoms with Gasteiger partial charge in [0.2, 0.25) is 5.91 Å². The van der Waals surface area contributed by atoms with Crippen LogP contribution in [0, 0.1) is 0 Å². The van der Waals surface area contributed by atoms with Crippen LogP contribution in [0.25, 0.3) is 0 Å². The van der Waals surface area contributed by atoms with Gasteiger partial charge in [-0.25, -0.2) is 4.79 Å². The van der Waals surface area contributed by atoms with Gasteiger partial charge in [-0.15, -0.1) is 0 Å². The Morgan fingerprint density at radius 3 is 2.28 bits per heavy atom. The van der Waals surface area contributed by atoms with Crippen LogP contribution >= 0.6 is 0 Å². The summed E-state index contributed by atoms with van der Waals surface area (Å²) in [6.45, 7) is 0. The van der Waals surface area contributed by atoms with Crippen molar-refractivity contribution in [2.24, 2.45) is 0 Å². The molecular weight excluding hydrogens is 372 g/mol. The Kier molecular flexibility index (Phi) is 5.20. The van der Waals surface area contributed by atoms with Gasteiger partial charge in [-0.2, -0.15) is 0 Å². The van der Waals surface area contributed by atoms with Crippen molar-refractivity contribution < 1.29 is 24.2 Å². The van der Waals surface area contributed by atoms with Crippen LogP contribution in [-0.4, -0.2) is 45.9 Å². The van der Waals surface area contributed by atoms with Crippen LogP contribution < -0.4 is 10.1 Å². The van der Waals surface area contributed by atoms with Crippen molar-refractivity contribution >= 4 is 17.8 Å². The predicted molar refractivity (Wildman–Crippen MR) is 105 cm³/mol. The summed E-state index contributed by atoms with van der Waals surface area (Å²) in [6, 6.07) is 14.5. The third kappa shape index (κ3) is 3.94. The number of hydrogen-bond donors (Lipinski definition) is 2. The molecule has 2 N–H and O–H groups in total. The number of ether oxygens (including phenoxy) is 1. The van der Waals surface area contributed by atoms with Crippen molar-refractivity contribution in [1.82, 2.24) is 10.2 Å². The highest BCUT2D eigenvalue weighted by atomic mass is 16.5. The minimum Gasteiger partial charge on any atom is -0.480 e. The Balaban J connectivity index is 1.40. The van der Waals surface area contributed by atoms with Crippen LogP contribution in [0.15, 0.2) is 54.6 Å². The molecule has 2 amide bonds. The maximum Gasteiger partial charge on any atom is 0.326 e. The number of nitrogens with one attached hydrogen (secondary N) is 1. The molecule has 2 aliphatic heterocycles. The Morgan fingerprint density at radius 2 is 1.59 bits per heavy atom. The van der Waals surface area contributed by atoms with Gasteiger partial charge < -0.3 is 20.1 Å². The molecule has 2 aliphatic rings. The summed E-state index contributed by atoms with van der Waals surface area (Å²) >= 11 is 0. The third-order valence-electron chi connectivity index (χ3n) is 5.53. The Bertz CT molecular complexity index is 913. The first kappa shape index (κ1) is 19.0. The van der Waals surface area contributed by atoms with Gasteiger partial charge in [0.15, 0.2) is 0 Å². The van der Waals surface area contributed by atoms with E-state index in [1.165, 1.54) is 4.90 Å². The van der Waals surface area contributed by atoms with Gasteiger partial charge in [0.25, 0.3) is 5.91 Å². The van der Waals surface area contributed by atoms with Gasteiger partial charge in [0.05, 0.1) is 0 Å². The van der Waals surface area contributed by atoms with Crippen LogP contribution in [0.1, 0.15) is 36.0 Å². The number of carboxylic acid groups (broad SMARTS) is 1. The molecule has 2 fully saturated rings. The zero-order valence-corrected chi connectivity index (χ0v) is 15.8. The maximum absolute atomic E-state index is 12.8. The number of fused-ring (bicyclic) bond motifs is 1. The number of para-hydroxylation sites is 1. The number of hydrogen-bond acceptors (Lipinski definition) is 4. The molecule has 7 heteroatoms. The molecule has 150 valence electrons. The maximum atomic E-state index is 12.8. The molecule has 4 rings (SSSR count). The second kappa shape index (κ2) is 7.95. The predicted octanol–water partition coefficient (Wildman–Crippen LogP) is 2.82. The minimum absolute atomic E-state index is 0.0360. The third-order valence-corrected chi connectivity index (χ3v) is 5.53. The summed E-state index contributed by atoms with van der Waals surface area (Å²) in [7, 11) is 0. The normalized spacial score (nSPS) is 23.4. The zero-order chi connectivity index (χ0) is 20.4. The van der Waals surface area contributed by atoms with E-state index in [1.807, 2.05) is 30.3 Å². The minimum atomic E-state index is -0.984. The molecule has 29 heavy (non-hydrogen) atoms. The van der Waals surface area contributed by atoms with Crippen LogP contribution in [0.2, 0.25) is 0 Å². The number of piperidine rings is 1. The lowest BCUT2D eigenvalue weighted by Gasteiger charge is -2.37. The fourth-order valence-electron chi connectivity index (χ4n) is 4.08. The SMILES string of the molecule is O=C(NC1CCC2CCC(C(=O)O)N2C1=O)c1ccc(Oc2ccccc2)cc1. The fraction of sp³-hybridized carbons (Fsp3) is 0.318. The summed E-state index contributed by atoms with van der Waals surface area (Å²) in [5.74, 6) is -0.346. The van der Waals surface area contributed by atoms with Crippen molar-refractivity contribution in [3.63, 3.8) is 0 Å². The first-order chi connectivity index (χ1) is 14.0. The second-order valence-electron chi connectivity index (χ2n) is 7.37. The number of nitrogens with zero attached hydrogens (tertiary/aromatic N) is 1. The smallest absolute Gasteiger partial charge is 0.326 e. The monoisotopic (exact) mass is 394 g/mol. The molecule has 0 bridgehead atoms. The molecule has 0 spiro atoms. The number of carbonyl (C=O) groups excluding carboxylic acids is 2. The first-order valence-corrected chi connectivity index (χ1v) is 9.72. The average Bonchev–Trinajstić information content (AvgIpc) is 3.17. The fourth-order valence-corrected chi connectivity index (χ4v) is 4.08. The lowest BCUT2D eigenvalue weighted by atomic mass is 9.97. The van der Waals surface area contributed by atoms with Gasteiger partial charge in [0, 0.05) is 11.6 Å². The standard InChI is InChI=1S/C22H22N2O5/c25-20(14-6-10-17(11-7-14)29-16-4-2-1-3-5-16)23-18-12-8-15-9-13-19(22(27)28)24(15)21(18)26/h1-7,10-11,15,18-19H,8-9,12-13H2,(H,23,25)(H,27,28). The Labute approximate surface area is 168 Å². The number of rotatable bonds is 5. The van der Waals surface area contributed by atoms with Crippen molar-refractivity contribution in [2.75, 3.05) is 0 Å². The van der Waals surface area contributed by atoms with Crippen molar-refractivity contribution in [3.8, 4) is 11.5 Å². The molecule has 0 saturated carbocycles. The van der Waals surface area contributed by atoms with E-state index in [1.54, 1.807) is 24.3 Å². The van der Waals surface area contributed by atoms with Gasteiger partial charge in [-0.1, -0.05) is 18.2 Å². The highest BCUT2D eigenvalue weighted by Gasteiger charge is 2.46. The van der Waals surface area contributed by atoms with E-state index in [0.29, 0.717) is 42.7 Å². The highest BCUT2D eigenvalue weighted by Crippen LogP contribution is 2.32. The van der Waals surface area contributed by atoms with E-state index in [4.69, 9.17) is 4.74 Å². The molecule has 0 aliphatic carbocycles. The molecule has 7 nitrogen and oxygen atoms in total. The molecule has 2 aromatic rings. The number of aliphatic carboxylic acids is 1. The summed E-state index contributed by atoms with van der Waals surface area (Å²) in [6.07, 6.45) is 2.39. The molecule has 0 radical (unpaired) electrons. The van der Waals surface area contributed by atoms with E-state index in [2.05, 4.69) is 5.32 Å². The van der Waals surface area contributed by atoms with Gasteiger partial charge >= 0.3 is 5.97 Å². The number of benzene rings is 2. The van der Waals surface area contributed by atoms with Gasteiger partial charge in [-0.3, -0.25) is 9.59 Å². The van der Waals surface area contributed by atoms with E-state index in [9.17, 15) is 19.5 Å². The van der Waals surface area contributed by atoms with Gasteiger partial charge in [-0.05, 0) is 62.1 Å². The Morgan fingerprint density at radius 1 is 0.931 bits per heavy atom. The Hall–Kier alpha value is -3.35. The average molecular weight is 394 g/mol. The number of carbonyl (C=O) groups is 3. The lowest BCUT2D eigenvalue weighted by molar-refractivity contribution is -0.152. The van der Waals surface area contributed by atoms with Crippen molar-refractivity contribution in [2.45, 2.75) is 43.8 Å². The zero-order valence-electron chi connectivity index (χ0n) is 15.8. The molecule has 3 atom stereocenters. The summed E-state index contributed by atoms with van der Waals surface area (Å²) < 4.78 is 5.71. The molecule has 0 aromatic heterocycles. The topological polar surface area (TPSA) is 95.9 Å². The summed E-state index contributed by atoms with van der Waals surface area (Å²) in [5, 5.41) is 12.1. The van der Waals surface area contributed by atoms with E-state index in [0.717, 1.165) is 0 Å². The molecule has 2 heterocycles. The van der Waals surface area contributed by atoms with Crippen molar-refractivity contribution in [1.29, 1.82) is 0 Å². The summed E-state index contributed by atoms with van der Waals surface area (Å²) in [5.41, 5.74) is 0.413. The number of carboxylic acids is 1. The van der Waals surface area contributed by atoms with E-state index < -0.39 is 18.1 Å². The van der Waals surface area contributed by atoms with E-state index in [-0.39, 0.29) is 17.9 Å². The lowest BCUT2D eigenvalue weighted by Crippen LogP contribution is -2.57. The van der Waals surface area contributed by atoms with Crippen molar-refractivity contribution in [3.05, 3.63) is 60.2 Å². The van der Waals surface area contributed by atoms with Crippen LogP contribution in [-0.2, 0) is 9.59 Å². The molecule has 3 unspecified atom stereocenters. The largest absolute Gasteiger partial charge is 0.480 e. The first-order valence-electron chi connectivity index (χ1n) is 9.72. The summed E-state index contributed by atoms with van der Waals surface area (Å²) in [4.78, 5) is 38.2.